The summed E-state index contributed by atoms with van der Waals surface area (Å²) in [7, 11) is 0. The van der Waals surface area contributed by atoms with Gasteiger partial charge in [-0.25, -0.2) is 13.2 Å². The van der Waals surface area contributed by atoms with Crippen molar-refractivity contribution in [2.45, 2.75) is 64.2 Å². The molecular weight excluding hydrogens is 277 g/mol. The van der Waals surface area contributed by atoms with Gasteiger partial charge in [0.2, 0.25) is 0 Å². The molecular formula is C16H23F3N2. The van der Waals surface area contributed by atoms with Crippen molar-refractivity contribution >= 4 is 0 Å². The predicted molar refractivity (Wildman–Crippen MR) is 77.5 cm³/mol. The van der Waals surface area contributed by atoms with Crippen LogP contribution >= 0.6 is 0 Å². The van der Waals surface area contributed by atoms with Gasteiger partial charge in [0.15, 0.2) is 17.5 Å². The Kier molecular flexibility index (Phi) is 4.36. The van der Waals surface area contributed by atoms with E-state index in [1.165, 1.54) is 0 Å². The molecule has 0 bridgehead atoms. The summed E-state index contributed by atoms with van der Waals surface area (Å²) >= 11 is 0. The summed E-state index contributed by atoms with van der Waals surface area (Å²) in [6.45, 7) is 8.88. The second-order valence-electron chi connectivity index (χ2n) is 7.25. The molecule has 0 aliphatic carbocycles. The first-order valence-electron chi connectivity index (χ1n) is 7.24. The molecule has 0 spiro atoms. The zero-order valence-corrected chi connectivity index (χ0v) is 13.0. The minimum atomic E-state index is -1.41. The number of piperidine rings is 1. The quantitative estimate of drug-likeness (QED) is 0.835. The zero-order chi connectivity index (χ0) is 15.8. The van der Waals surface area contributed by atoms with Crippen LogP contribution in [0, 0.1) is 17.5 Å². The average Bonchev–Trinajstić information content (AvgIpc) is 2.29. The van der Waals surface area contributed by atoms with E-state index in [0.717, 1.165) is 25.0 Å². The van der Waals surface area contributed by atoms with E-state index in [9.17, 15) is 13.2 Å². The zero-order valence-electron chi connectivity index (χ0n) is 13.0. The van der Waals surface area contributed by atoms with Gasteiger partial charge in [-0.15, -0.1) is 0 Å². The summed E-state index contributed by atoms with van der Waals surface area (Å²) in [6, 6.07) is 2.33. The van der Waals surface area contributed by atoms with E-state index in [1.54, 1.807) is 0 Å². The lowest BCUT2D eigenvalue weighted by molar-refractivity contribution is 0.145. The smallest absolute Gasteiger partial charge is 0.194 e. The highest BCUT2D eigenvalue weighted by molar-refractivity contribution is 5.19. The molecule has 1 aliphatic rings. The number of benzene rings is 1. The molecule has 118 valence electrons. The number of hydrogen-bond donors (Lipinski definition) is 2. The van der Waals surface area contributed by atoms with E-state index in [1.807, 2.05) is 0 Å². The first-order valence-corrected chi connectivity index (χ1v) is 7.24. The van der Waals surface area contributed by atoms with E-state index in [0.29, 0.717) is 12.1 Å². The highest BCUT2D eigenvalue weighted by Crippen LogP contribution is 2.28. The van der Waals surface area contributed by atoms with Crippen molar-refractivity contribution in [2.75, 3.05) is 0 Å². The standard InChI is InChI=1S/C16H23F3N2/c1-15(2)7-11(8-16(3,4)21-15)20-9-10-5-12(17)14(19)13(18)6-10/h5-6,11,20-21H,7-9H2,1-4H3. The normalized spacial score (nSPS) is 21.5. The van der Waals surface area contributed by atoms with Crippen molar-refractivity contribution in [2.24, 2.45) is 0 Å². The average molecular weight is 300 g/mol. The Morgan fingerprint density at radius 2 is 1.52 bits per heavy atom. The van der Waals surface area contributed by atoms with Crippen LogP contribution in [0.25, 0.3) is 0 Å². The Morgan fingerprint density at radius 1 is 1.05 bits per heavy atom. The predicted octanol–water partition coefficient (Wildman–Crippen LogP) is 3.50. The molecule has 2 nitrogen and oxygen atoms in total. The molecule has 1 aromatic rings. The van der Waals surface area contributed by atoms with Gasteiger partial charge in [-0.05, 0) is 58.2 Å². The SMILES string of the molecule is CC1(C)CC(NCc2cc(F)c(F)c(F)c2)CC(C)(C)N1. The van der Waals surface area contributed by atoms with Crippen molar-refractivity contribution in [1.82, 2.24) is 10.6 Å². The Balaban J connectivity index is 2.03. The van der Waals surface area contributed by atoms with Crippen molar-refractivity contribution in [1.29, 1.82) is 0 Å². The fourth-order valence-electron chi connectivity index (χ4n) is 3.44. The Labute approximate surface area is 124 Å². The third kappa shape index (κ3) is 4.20. The van der Waals surface area contributed by atoms with E-state index in [-0.39, 0.29) is 17.1 Å². The molecule has 2 rings (SSSR count). The van der Waals surface area contributed by atoms with Gasteiger partial charge in [0.1, 0.15) is 0 Å². The topological polar surface area (TPSA) is 24.1 Å². The van der Waals surface area contributed by atoms with Crippen LogP contribution in [-0.4, -0.2) is 17.1 Å². The molecule has 1 saturated heterocycles. The van der Waals surface area contributed by atoms with E-state index < -0.39 is 17.5 Å². The summed E-state index contributed by atoms with van der Waals surface area (Å²) in [5.41, 5.74) is 0.415. The van der Waals surface area contributed by atoms with E-state index >= 15 is 0 Å². The van der Waals surface area contributed by atoms with Crippen LogP contribution in [0.2, 0.25) is 0 Å². The van der Waals surface area contributed by atoms with Gasteiger partial charge in [-0.2, -0.15) is 0 Å². The van der Waals surface area contributed by atoms with Gasteiger partial charge >= 0.3 is 0 Å². The molecule has 5 heteroatoms. The molecule has 21 heavy (non-hydrogen) atoms. The number of rotatable bonds is 3. The monoisotopic (exact) mass is 300 g/mol. The van der Waals surface area contributed by atoms with Crippen LogP contribution in [0.1, 0.15) is 46.1 Å². The fourth-order valence-corrected chi connectivity index (χ4v) is 3.44. The molecule has 0 unspecified atom stereocenters. The molecule has 2 N–H and O–H groups in total. The van der Waals surface area contributed by atoms with Crippen molar-refractivity contribution in [3.63, 3.8) is 0 Å². The maximum absolute atomic E-state index is 13.2. The minimum Gasteiger partial charge on any atom is -0.310 e. The van der Waals surface area contributed by atoms with Crippen LogP contribution in [0.15, 0.2) is 12.1 Å². The Bertz CT molecular complexity index is 487. The van der Waals surface area contributed by atoms with Crippen LogP contribution in [0.3, 0.4) is 0 Å². The molecule has 0 saturated carbocycles. The highest BCUT2D eigenvalue weighted by atomic mass is 19.2. The second-order valence-corrected chi connectivity index (χ2v) is 7.25. The summed E-state index contributed by atoms with van der Waals surface area (Å²) in [4.78, 5) is 0. The third-order valence-corrected chi connectivity index (χ3v) is 3.83. The van der Waals surface area contributed by atoms with Crippen molar-refractivity contribution < 1.29 is 13.2 Å². The fraction of sp³-hybridized carbons (Fsp3) is 0.625. The summed E-state index contributed by atoms with van der Waals surface area (Å²) in [5.74, 6) is -3.70. The van der Waals surface area contributed by atoms with Gasteiger partial charge in [0.05, 0.1) is 0 Å². The number of halogens is 3. The lowest BCUT2D eigenvalue weighted by Crippen LogP contribution is -2.61. The van der Waals surface area contributed by atoms with Gasteiger partial charge in [-0.1, -0.05) is 0 Å². The summed E-state index contributed by atoms with van der Waals surface area (Å²) in [6.07, 6.45) is 1.84. The van der Waals surface area contributed by atoms with E-state index in [4.69, 9.17) is 0 Å². The maximum Gasteiger partial charge on any atom is 0.194 e. The number of nitrogens with one attached hydrogen (secondary N) is 2. The molecule has 1 aliphatic heterocycles. The molecule has 0 aromatic heterocycles. The lowest BCUT2D eigenvalue weighted by atomic mass is 9.79. The van der Waals surface area contributed by atoms with E-state index in [2.05, 4.69) is 38.3 Å². The largest absolute Gasteiger partial charge is 0.310 e. The van der Waals surface area contributed by atoms with Gasteiger partial charge < -0.3 is 10.6 Å². The summed E-state index contributed by atoms with van der Waals surface area (Å²) < 4.78 is 39.3. The van der Waals surface area contributed by atoms with Crippen LogP contribution in [0.4, 0.5) is 13.2 Å². The number of hydrogen-bond acceptors (Lipinski definition) is 2. The molecule has 0 radical (unpaired) electrons. The maximum atomic E-state index is 13.2. The lowest BCUT2D eigenvalue weighted by Gasteiger charge is -2.46. The Hall–Kier alpha value is -1.07. The first kappa shape index (κ1) is 16.3. The molecule has 1 heterocycles. The van der Waals surface area contributed by atoms with Crippen LogP contribution < -0.4 is 10.6 Å². The molecule has 1 fully saturated rings. The molecule has 0 amide bonds. The van der Waals surface area contributed by atoms with Gasteiger partial charge in [0, 0.05) is 23.7 Å². The van der Waals surface area contributed by atoms with Crippen molar-refractivity contribution in [3.05, 3.63) is 35.1 Å². The van der Waals surface area contributed by atoms with Crippen LogP contribution in [-0.2, 0) is 6.54 Å². The molecule has 0 atom stereocenters. The van der Waals surface area contributed by atoms with Gasteiger partial charge in [-0.3, -0.25) is 0 Å². The highest BCUT2D eigenvalue weighted by Gasteiger charge is 2.37. The minimum absolute atomic E-state index is 0.00128. The second kappa shape index (κ2) is 5.61. The first-order chi connectivity index (χ1) is 9.58. The molecule has 1 aromatic carbocycles. The van der Waals surface area contributed by atoms with Crippen molar-refractivity contribution in [3.8, 4) is 0 Å². The third-order valence-electron chi connectivity index (χ3n) is 3.83. The van der Waals surface area contributed by atoms with Gasteiger partial charge in [0.25, 0.3) is 0 Å². The van der Waals surface area contributed by atoms with Crippen LogP contribution in [0.5, 0.6) is 0 Å². The Morgan fingerprint density at radius 3 is 2.00 bits per heavy atom. The summed E-state index contributed by atoms with van der Waals surface area (Å²) in [5, 5.41) is 6.90.